The second-order valence-corrected chi connectivity index (χ2v) is 4.01. The van der Waals surface area contributed by atoms with Crippen molar-refractivity contribution >= 4 is 40.0 Å². The van der Waals surface area contributed by atoms with Crippen LogP contribution in [0.3, 0.4) is 0 Å². The third-order valence-corrected chi connectivity index (χ3v) is 2.97. The van der Waals surface area contributed by atoms with Crippen LogP contribution in [-0.4, -0.2) is 22.0 Å². The molecule has 2 aromatic carbocycles. The topological polar surface area (TPSA) is 49.7 Å². The predicted molar refractivity (Wildman–Crippen MR) is 69.5 cm³/mol. The summed E-state index contributed by atoms with van der Waals surface area (Å²) >= 11 is 4.46. The number of rotatable bonds is 1. The molecule has 0 saturated heterocycles. The molecular weight excluding hydrogens is 248 g/mol. The van der Waals surface area contributed by atoms with Crippen molar-refractivity contribution in [2.45, 2.75) is 0 Å². The molecule has 0 unspecified atom stereocenters. The SMILES string of the molecule is O=C1c2cccc3cccc(c23)C(=O)N1N=C=S. The number of hydrogen-bond acceptors (Lipinski definition) is 4. The van der Waals surface area contributed by atoms with Crippen molar-refractivity contribution in [1.82, 2.24) is 5.01 Å². The highest BCUT2D eigenvalue weighted by atomic mass is 32.1. The summed E-state index contributed by atoms with van der Waals surface area (Å²) in [6, 6.07) is 10.6. The third kappa shape index (κ3) is 1.32. The van der Waals surface area contributed by atoms with Gasteiger partial charge in [-0.25, -0.2) is 0 Å². The van der Waals surface area contributed by atoms with Gasteiger partial charge in [0.15, 0.2) is 0 Å². The number of amides is 2. The number of imide groups is 1. The highest BCUT2D eigenvalue weighted by Gasteiger charge is 2.32. The number of benzene rings is 2. The highest BCUT2D eigenvalue weighted by Crippen LogP contribution is 2.29. The standard InChI is InChI=1S/C13H6N2O2S/c16-12-9-5-1-3-8-4-2-6-10(11(8)9)13(17)15(12)14-7-18/h1-6H. The summed E-state index contributed by atoms with van der Waals surface area (Å²) in [6.45, 7) is 0. The summed E-state index contributed by atoms with van der Waals surface area (Å²) in [5.41, 5.74) is 0.911. The molecule has 86 valence electrons. The Kier molecular flexibility index (Phi) is 2.30. The molecular formula is C13H6N2O2S. The molecule has 0 fully saturated rings. The summed E-state index contributed by atoms with van der Waals surface area (Å²) in [4.78, 5) is 24.3. The number of nitrogens with zero attached hydrogens (tertiary/aromatic N) is 2. The highest BCUT2D eigenvalue weighted by molar-refractivity contribution is 7.78. The van der Waals surface area contributed by atoms with Gasteiger partial charge in [0, 0.05) is 5.39 Å². The van der Waals surface area contributed by atoms with Gasteiger partial charge in [0.25, 0.3) is 11.8 Å². The first kappa shape index (κ1) is 10.8. The van der Waals surface area contributed by atoms with Crippen LogP contribution in [0.4, 0.5) is 0 Å². The van der Waals surface area contributed by atoms with Crippen molar-refractivity contribution in [3.05, 3.63) is 47.5 Å². The lowest BCUT2D eigenvalue weighted by atomic mass is 9.95. The van der Waals surface area contributed by atoms with Gasteiger partial charge in [-0.3, -0.25) is 9.59 Å². The summed E-state index contributed by atoms with van der Waals surface area (Å²) in [6.07, 6.45) is 0. The van der Waals surface area contributed by atoms with E-state index in [1.165, 1.54) is 0 Å². The lowest BCUT2D eigenvalue weighted by molar-refractivity contribution is 0.0617. The number of thiocarbonyl (C=S) groups is 1. The molecule has 18 heavy (non-hydrogen) atoms. The zero-order valence-corrected chi connectivity index (χ0v) is 9.90. The molecule has 2 aromatic rings. The second-order valence-electron chi connectivity index (χ2n) is 3.82. The zero-order valence-electron chi connectivity index (χ0n) is 9.08. The maximum absolute atomic E-state index is 12.1. The van der Waals surface area contributed by atoms with Gasteiger partial charge in [-0.1, -0.05) is 24.3 Å². The molecule has 1 heterocycles. The van der Waals surface area contributed by atoms with Gasteiger partial charge in [-0.05, 0) is 29.7 Å². The van der Waals surface area contributed by atoms with E-state index in [1.54, 1.807) is 24.3 Å². The van der Waals surface area contributed by atoms with Gasteiger partial charge in [-0.2, -0.15) is 0 Å². The van der Waals surface area contributed by atoms with Crippen LogP contribution in [0.2, 0.25) is 0 Å². The minimum atomic E-state index is -0.471. The number of hydrogen-bond donors (Lipinski definition) is 0. The van der Waals surface area contributed by atoms with Crippen LogP contribution in [0, 0.1) is 0 Å². The van der Waals surface area contributed by atoms with Crippen LogP contribution in [0.25, 0.3) is 10.8 Å². The molecule has 0 radical (unpaired) electrons. The summed E-state index contributed by atoms with van der Waals surface area (Å²) < 4.78 is 0. The Morgan fingerprint density at radius 2 is 1.56 bits per heavy atom. The van der Waals surface area contributed by atoms with E-state index in [2.05, 4.69) is 22.5 Å². The molecule has 0 N–H and O–H groups in total. The van der Waals surface area contributed by atoms with Crippen LogP contribution in [-0.2, 0) is 0 Å². The summed E-state index contributed by atoms with van der Waals surface area (Å²) in [7, 11) is 0. The second kappa shape index (κ2) is 3.84. The first-order chi connectivity index (χ1) is 8.74. The van der Waals surface area contributed by atoms with Crippen LogP contribution >= 0.6 is 12.2 Å². The third-order valence-electron chi connectivity index (χ3n) is 2.89. The van der Waals surface area contributed by atoms with Crippen molar-refractivity contribution in [2.75, 3.05) is 0 Å². The minimum absolute atomic E-state index is 0.455. The number of carbonyl (C=O) groups excluding carboxylic acids is 2. The van der Waals surface area contributed by atoms with E-state index in [1.807, 2.05) is 12.1 Å². The van der Waals surface area contributed by atoms with Crippen LogP contribution < -0.4 is 0 Å². The quantitative estimate of drug-likeness (QED) is 0.446. The van der Waals surface area contributed by atoms with E-state index >= 15 is 0 Å². The first-order valence-corrected chi connectivity index (χ1v) is 5.63. The van der Waals surface area contributed by atoms with E-state index in [4.69, 9.17) is 0 Å². The summed E-state index contributed by atoms with van der Waals surface area (Å²) in [5, 5.41) is 7.87. The van der Waals surface area contributed by atoms with Crippen molar-refractivity contribution < 1.29 is 9.59 Å². The maximum atomic E-state index is 12.1. The Morgan fingerprint density at radius 1 is 1.00 bits per heavy atom. The van der Waals surface area contributed by atoms with E-state index in [9.17, 15) is 9.59 Å². The molecule has 3 rings (SSSR count). The molecule has 5 heteroatoms. The number of hydrazone groups is 1. The average molecular weight is 254 g/mol. The largest absolute Gasteiger partial charge is 0.282 e. The van der Waals surface area contributed by atoms with E-state index in [0.29, 0.717) is 16.5 Å². The molecule has 0 spiro atoms. The van der Waals surface area contributed by atoms with Gasteiger partial charge in [0.05, 0.1) is 16.3 Å². The Bertz CT molecular complexity index is 697. The Hall–Kier alpha value is -2.36. The smallest absolute Gasteiger partial charge is 0.267 e. The van der Waals surface area contributed by atoms with Crippen molar-refractivity contribution in [1.29, 1.82) is 0 Å². The van der Waals surface area contributed by atoms with E-state index in [-0.39, 0.29) is 0 Å². The minimum Gasteiger partial charge on any atom is -0.267 e. The van der Waals surface area contributed by atoms with E-state index in [0.717, 1.165) is 10.4 Å². The fourth-order valence-electron chi connectivity index (χ4n) is 2.15. The Morgan fingerprint density at radius 3 is 2.06 bits per heavy atom. The number of carbonyl (C=O) groups is 2. The van der Waals surface area contributed by atoms with Crippen molar-refractivity contribution in [2.24, 2.45) is 5.10 Å². The lowest BCUT2D eigenvalue weighted by Gasteiger charge is -2.21. The fourth-order valence-corrected chi connectivity index (χ4v) is 2.23. The first-order valence-electron chi connectivity index (χ1n) is 5.22. The van der Waals surface area contributed by atoms with E-state index < -0.39 is 11.8 Å². The van der Waals surface area contributed by atoms with Crippen LogP contribution in [0.1, 0.15) is 20.7 Å². The fraction of sp³-hybridized carbons (Fsp3) is 0. The Labute approximate surface area is 108 Å². The molecule has 4 nitrogen and oxygen atoms in total. The van der Waals surface area contributed by atoms with Gasteiger partial charge < -0.3 is 0 Å². The molecule has 0 atom stereocenters. The van der Waals surface area contributed by atoms with Gasteiger partial charge in [0.2, 0.25) is 0 Å². The molecule has 1 aliphatic rings. The monoisotopic (exact) mass is 254 g/mol. The van der Waals surface area contributed by atoms with Gasteiger partial charge in [0.1, 0.15) is 0 Å². The van der Waals surface area contributed by atoms with Gasteiger partial charge in [-0.15, -0.1) is 10.1 Å². The van der Waals surface area contributed by atoms with Crippen LogP contribution in [0.5, 0.6) is 0 Å². The molecule has 0 bridgehead atoms. The summed E-state index contributed by atoms with van der Waals surface area (Å²) in [5.74, 6) is -0.941. The lowest BCUT2D eigenvalue weighted by Crippen LogP contribution is -2.36. The van der Waals surface area contributed by atoms with Crippen molar-refractivity contribution in [3.63, 3.8) is 0 Å². The van der Waals surface area contributed by atoms with Gasteiger partial charge >= 0.3 is 0 Å². The molecule has 2 amide bonds. The molecule has 1 aliphatic heterocycles. The zero-order chi connectivity index (χ0) is 12.7. The van der Waals surface area contributed by atoms with Crippen LogP contribution in [0.15, 0.2) is 41.5 Å². The van der Waals surface area contributed by atoms with Crippen molar-refractivity contribution in [3.8, 4) is 0 Å². The predicted octanol–water partition coefficient (Wildman–Crippen LogP) is 2.45. The Balaban J connectivity index is 2.42. The molecule has 0 aliphatic carbocycles. The maximum Gasteiger partial charge on any atom is 0.282 e. The molecule has 0 aromatic heterocycles. The normalized spacial score (nSPS) is 13.7. The number of isothiocyanates is 1. The molecule has 0 saturated carbocycles. The average Bonchev–Trinajstić information content (AvgIpc) is 2.40.